The summed E-state index contributed by atoms with van der Waals surface area (Å²) in [7, 11) is 0. The maximum atomic E-state index is 12.7. The van der Waals surface area contributed by atoms with Gasteiger partial charge in [0.1, 0.15) is 47.7 Å². The molecule has 0 bridgehead atoms. The molecule has 20 nitrogen and oxygen atoms in total. The fraction of sp³-hybridized carbons (Fsp3) is 0.381. The number of hydrogen-bond acceptors (Lipinski definition) is 18. The lowest BCUT2D eigenvalue weighted by Crippen LogP contribution is -2.09. The lowest BCUT2D eigenvalue weighted by molar-refractivity contribution is -0.144. The fourth-order valence-electron chi connectivity index (χ4n) is 11.5. The molecular formula is C84H94N8O12. The first-order valence-electron chi connectivity index (χ1n) is 36.7. The van der Waals surface area contributed by atoms with Crippen molar-refractivity contribution in [3.05, 3.63) is 216 Å². The molecule has 0 amide bonds. The van der Waals surface area contributed by atoms with E-state index in [2.05, 4.69) is 32.8 Å². The van der Waals surface area contributed by atoms with E-state index in [-0.39, 0.29) is 11.9 Å². The molecule has 7 aromatic carbocycles. The van der Waals surface area contributed by atoms with Crippen LogP contribution in [0, 0.1) is 22.7 Å². The van der Waals surface area contributed by atoms with Crippen molar-refractivity contribution in [1.29, 1.82) is 10.5 Å². The van der Waals surface area contributed by atoms with Gasteiger partial charge in [-0.3, -0.25) is 9.59 Å². The minimum atomic E-state index is -0.440. The first-order chi connectivity index (χ1) is 51.1. The number of carbonyl (C=O) groups excluding carboxylic acids is 4. The number of benzene rings is 7. The molecule has 104 heavy (non-hydrogen) atoms. The third kappa shape index (κ3) is 28.4. The van der Waals surface area contributed by atoms with Crippen LogP contribution >= 0.6 is 0 Å². The standard InChI is InChI=1S/C84H94N8O12/c85-61-65-25-29-67(30-26-65)69-33-45-79(46-34-69)103-83(95)71-37-41-75(42-38-71)97-55-17-9-5-1-3-7-11-19-57-101-81(93)23-15-13-21-73-63-91(89-87-73)53-59-99-77-49-51-78(52-50-77)100-60-54-92-64-74(88-90-92)22-14-16-24-82(94)102-58-20-12-8-4-2-6-10-18-56-98-76-43-39-72(40-44-76)84(96)104-80-47-35-70(36-48-80)68-31-27-66(62-86)28-32-68/h25-52,63-64H,1-24,53-60H2. The molecular weight excluding hydrogens is 1310 g/mol. The van der Waals surface area contributed by atoms with Gasteiger partial charge in [-0.2, -0.15) is 10.5 Å². The van der Waals surface area contributed by atoms with Gasteiger partial charge in [-0.1, -0.05) is 136 Å². The lowest BCUT2D eigenvalue weighted by Gasteiger charge is -2.09. The average molecular weight is 1410 g/mol. The summed E-state index contributed by atoms with van der Waals surface area (Å²) >= 11 is 0. The molecule has 0 saturated carbocycles. The van der Waals surface area contributed by atoms with Crippen molar-refractivity contribution in [2.45, 2.75) is 167 Å². The van der Waals surface area contributed by atoms with Crippen molar-refractivity contribution in [3.8, 4) is 68.9 Å². The summed E-state index contributed by atoms with van der Waals surface area (Å²) < 4.78 is 49.4. The lowest BCUT2D eigenvalue weighted by atomic mass is 10.0. The van der Waals surface area contributed by atoms with Crippen molar-refractivity contribution >= 4 is 23.9 Å². The SMILES string of the molecule is N#Cc1ccc(-c2ccc(OC(=O)c3ccc(OCCCCCCCCCCOC(=O)CCCCc4cn(CCOc5ccc(OCCn6cc(CCCCC(=O)OCCCCCCCCCCOc7ccc(C(=O)Oc8ccc(-c9ccc(C#N)cc9)cc8)cc7)nn6)cc5)nn4)cc3)cc2)cc1. The van der Waals surface area contributed by atoms with E-state index in [0.717, 1.165) is 186 Å². The van der Waals surface area contributed by atoms with Crippen molar-refractivity contribution in [2.75, 3.05) is 39.6 Å². The van der Waals surface area contributed by atoms with Gasteiger partial charge < -0.3 is 37.9 Å². The van der Waals surface area contributed by atoms with E-state index in [0.29, 0.717) is 111 Å². The summed E-state index contributed by atoms with van der Waals surface area (Å²) in [6, 6.07) is 55.0. The zero-order valence-electron chi connectivity index (χ0n) is 59.4. The highest BCUT2D eigenvalue weighted by atomic mass is 16.5. The summed E-state index contributed by atoms with van der Waals surface area (Å²) in [5, 5.41) is 35.2. The highest BCUT2D eigenvalue weighted by molar-refractivity contribution is 5.92. The Labute approximate surface area is 610 Å². The molecule has 542 valence electrons. The number of rotatable bonds is 48. The zero-order chi connectivity index (χ0) is 72.4. The number of aromatic nitrogens is 6. The first-order valence-corrected chi connectivity index (χ1v) is 36.7. The summed E-state index contributed by atoms with van der Waals surface area (Å²) in [6.07, 6.45) is 26.3. The Hall–Kier alpha value is -11.1. The summed E-state index contributed by atoms with van der Waals surface area (Å²) in [5.41, 5.74) is 7.72. The number of hydrogen-bond donors (Lipinski definition) is 0. The molecule has 20 heteroatoms. The molecule has 9 aromatic rings. The predicted molar refractivity (Wildman–Crippen MR) is 395 cm³/mol. The molecule has 2 heterocycles. The molecule has 0 unspecified atom stereocenters. The predicted octanol–water partition coefficient (Wildman–Crippen LogP) is 17.5. The third-order valence-electron chi connectivity index (χ3n) is 17.4. The molecule has 0 aliphatic heterocycles. The summed E-state index contributed by atoms with van der Waals surface area (Å²) in [6.45, 7) is 4.08. The molecule has 0 fully saturated rings. The minimum Gasteiger partial charge on any atom is -0.494 e. The van der Waals surface area contributed by atoms with Crippen molar-refractivity contribution in [1.82, 2.24) is 30.0 Å². The van der Waals surface area contributed by atoms with Crippen molar-refractivity contribution in [2.24, 2.45) is 0 Å². The molecule has 0 saturated heterocycles. The Morgan fingerprint density at radius 1 is 0.317 bits per heavy atom. The minimum absolute atomic E-state index is 0.151. The number of esters is 4. The van der Waals surface area contributed by atoms with Gasteiger partial charge in [0, 0.05) is 25.2 Å². The van der Waals surface area contributed by atoms with Crippen LogP contribution in [0.1, 0.15) is 184 Å². The van der Waals surface area contributed by atoms with Crippen LogP contribution in [0.25, 0.3) is 22.3 Å². The highest BCUT2D eigenvalue weighted by Gasteiger charge is 2.14. The van der Waals surface area contributed by atoms with Crippen LogP contribution in [-0.2, 0) is 45.0 Å². The Bertz CT molecular complexity index is 3830. The molecule has 0 atom stereocenters. The second kappa shape index (κ2) is 44.3. The number of nitriles is 2. The summed E-state index contributed by atoms with van der Waals surface area (Å²) in [4.78, 5) is 50.2. The average Bonchev–Trinajstić information content (AvgIpc) is 1.29. The second-order valence-electron chi connectivity index (χ2n) is 25.6. The van der Waals surface area contributed by atoms with Gasteiger partial charge in [-0.25, -0.2) is 19.0 Å². The molecule has 0 N–H and O–H groups in total. The number of ether oxygens (including phenoxy) is 8. The van der Waals surface area contributed by atoms with E-state index in [1.54, 1.807) is 106 Å². The number of nitrogens with zero attached hydrogens (tertiary/aromatic N) is 8. The van der Waals surface area contributed by atoms with Crippen LogP contribution in [0.2, 0.25) is 0 Å². The van der Waals surface area contributed by atoms with Crippen LogP contribution in [0.3, 0.4) is 0 Å². The molecule has 9 rings (SSSR count). The van der Waals surface area contributed by atoms with Gasteiger partial charge in [0.25, 0.3) is 0 Å². The van der Waals surface area contributed by atoms with Crippen LogP contribution in [0.4, 0.5) is 0 Å². The Morgan fingerprint density at radius 3 is 0.942 bits per heavy atom. The van der Waals surface area contributed by atoms with Gasteiger partial charge in [0.05, 0.1) is 85.3 Å². The van der Waals surface area contributed by atoms with Crippen LogP contribution < -0.4 is 28.4 Å². The second-order valence-corrected chi connectivity index (χ2v) is 25.6. The normalized spacial score (nSPS) is 10.9. The number of unbranched alkanes of at least 4 members (excludes halogenated alkanes) is 16. The Kier molecular flexibility index (Phi) is 32.8. The van der Waals surface area contributed by atoms with Crippen LogP contribution in [0.15, 0.2) is 182 Å². The van der Waals surface area contributed by atoms with E-state index in [1.807, 2.05) is 85.2 Å². The third-order valence-corrected chi connectivity index (χ3v) is 17.4. The maximum absolute atomic E-state index is 12.7. The van der Waals surface area contributed by atoms with E-state index in [9.17, 15) is 19.2 Å². The molecule has 0 aliphatic rings. The van der Waals surface area contributed by atoms with Gasteiger partial charge in [0.2, 0.25) is 0 Å². The maximum Gasteiger partial charge on any atom is 0.343 e. The molecule has 0 radical (unpaired) electrons. The van der Waals surface area contributed by atoms with E-state index >= 15 is 0 Å². The van der Waals surface area contributed by atoms with Crippen molar-refractivity contribution in [3.63, 3.8) is 0 Å². The van der Waals surface area contributed by atoms with Crippen LogP contribution in [0.5, 0.6) is 34.5 Å². The highest BCUT2D eigenvalue weighted by Crippen LogP contribution is 2.27. The van der Waals surface area contributed by atoms with Gasteiger partial charge >= 0.3 is 23.9 Å². The molecule has 0 aliphatic carbocycles. The Balaban J connectivity index is 0.490. The topological polar surface area (TPSA) is 251 Å². The molecule has 0 spiro atoms. The smallest absolute Gasteiger partial charge is 0.343 e. The van der Waals surface area contributed by atoms with E-state index < -0.39 is 11.9 Å². The fourth-order valence-corrected chi connectivity index (χ4v) is 11.5. The Morgan fingerprint density at radius 2 is 0.606 bits per heavy atom. The van der Waals surface area contributed by atoms with E-state index in [4.69, 9.17) is 48.4 Å². The number of carbonyl (C=O) groups is 4. The largest absolute Gasteiger partial charge is 0.494 e. The van der Waals surface area contributed by atoms with Crippen molar-refractivity contribution < 1.29 is 57.1 Å². The monoisotopic (exact) mass is 1410 g/mol. The zero-order valence-corrected chi connectivity index (χ0v) is 59.4. The summed E-state index contributed by atoms with van der Waals surface area (Å²) in [5.74, 6) is 2.60. The van der Waals surface area contributed by atoms with Gasteiger partial charge in [0.15, 0.2) is 0 Å². The van der Waals surface area contributed by atoms with E-state index in [1.165, 1.54) is 0 Å². The first kappa shape index (κ1) is 77.0. The van der Waals surface area contributed by atoms with Gasteiger partial charge in [-0.15, -0.1) is 10.2 Å². The van der Waals surface area contributed by atoms with Crippen LogP contribution in [-0.4, -0.2) is 93.5 Å². The quantitative estimate of drug-likeness (QED) is 0.0195. The molecule has 2 aromatic heterocycles. The number of aryl methyl sites for hydroxylation is 2. The van der Waals surface area contributed by atoms with Gasteiger partial charge in [-0.05, 0) is 208 Å².